The van der Waals surface area contributed by atoms with Gasteiger partial charge >= 0.3 is 0 Å². The highest BCUT2D eigenvalue weighted by atomic mass is 15.2. The van der Waals surface area contributed by atoms with Crippen molar-refractivity contribution >= 4 is 0 Å². The number of likely N-dealkylation sites (tertiary alicyclic amines) is 1. The summed E-state index contributed by atoms with van der Waals surface area (Å²) in [5.41, 5.74) is 7.46. The third-order valence-corrected chi connectivity index (χ3v) is 6.53. The Hall–Kier alpha value is -0.0800. The molecule has 4 bridgehead atoms. The third kappa shape index (κ3) is 1.68. The Labute approximate surface area is 111 Å². The minimum absolute atomic E-state index is 0.215. The van der Waals surface area contributed by atoms with Crippen molar-refractivity contribution in [3.8, 4) is 0 Å². The molecule has 5 aliphatic rings. The van der Waals surface area contributed by atoms with Gasteiger partial charge in [-0.15, -0.1) is 0 Å². The summed E-state index contributed by atoms with van der Waals surface area (Å²) in [7, 11) is 0. The van der Waals surface area contributed by atoms with Crippen molar-refractivity contribution in [1.29, 1.82) is 0 Å². The van der Waals surface area contributed by atoms with Crippen LogP contribution in [-0.2, 0) is 0 Å². The van der Waals surface area contributed by atoms with Gasteiger partial charge in [-0.1, -0.05) is 6.92 Å². The van der Waals surface area contributed by atoms with Gasteiger partial charge in [0.1, 0.15) is 0 Å². The van der Waals surface area contributed by atoms with E-state index in [-0.39, 0.29) is 5.54 Å². The number of hydrogen-bond acceptors (Lipinski definition) is 2. The van der Waals surface area contributed by atoms with Gasteiger partial charge in [0.15, 0.2) is 0 Å². The average molecular weight is 248 g/mol. The van der Waals surface area contributed by atoms with E-state index in [1.54, 1.807) is 0 Å². The van der Waals surface area contributed by atoms with Gasteiger partial charge in [-0.05, 0) is 82.2 Å². The van der Waals surface area contributed by atoms with Crippen molar-refractivity contribution in [2.24, 2.45) is 23.5 Å². The smallest absolute Gasteiger partial charge is 0.0232 e. The predicted molar refractivity (Wildman–Crippen MR) is 74.3 cm³/mol. The quantitative estimate of drug-likeness (QED) is 0.773. The number of nitrogens with two attached hydrogens (primary N) is 1. The van der Waals surface area contributed by atoms with Gasteiger partial charge in [-0.2, -0.15) is 0 Å². The zero-order chi connectivity index (χ0) is 12.4. The Morgan fingerprint density at radius 1 is 1.00 bits per heavy atom. The topological polar surface area (TPSA) is 29.3 Å². The largest absolute Gasteiger partial charge is 0.325 e. The highest BCUT2D eigenvalue weighted by Crippen LogP contribution is 2.58. The normalized spacial score (nSPS) is 53.0. The molecule has 0 aromatic heterocycles. The zero-order valence-corrected chi connectivity index (χ0v) is 11.8. The van der Waals surface area contributed by atoms with E-state index in [1.807, 2.05) is 0 Å². The van der Waals surface area contributed by atoms with E-state index in [1.165, 1.54) is 64.5 Å². The summed E-state index contributed by atoms with van der Waals surface area (Å²) in [6.45, 7) is 5.11. The molecule has 0 spiro atoms. The van der Waals surface area contributed by atoms with Crippen molar-refractivity contribution in [2.45, 2.75) is 69.4 Å². The van der Waals surface area contributed by atoms with Gasteiger partial charge in [0, 0.05) is 11.1 Å². The molecule has 2 nitrogen and oxygen atoms in total. The Kier molecular flexibility index (Phi) is 2.43. The first-order valence-corrected chi connectivity index (χ1v) is 8.11. The molecule has 1 saturated heterocycles. The Morgan fingerprint density at radius 2 is 1.61 bits per heavy atom. The zero-order valence-electron chi connectivity index (χ0n) is 11.8. The van der Waals surface area contributed by atoms with Crippen molar-refractivity contribution in [3.63, 3.8) is 0 Å². The van der Waals surface area contributed by atoms with Crippen LogP contribution in [-0.4, -0.2) is 29.1 Å². The molecule has 5 fully saturated rings. The van der Waals surface area contributed by atoms with Crippen LogP contribution in [0.2, 0.25) is 0 Å². The van der Waals surface area contributed by atoms with E-state index in [4.69, 9.17) is 5.73 Å². The van der Waals surface area contributed by atoms with Crippen LogP contribution in [0.4, 0.5) is 0 Å². The second-order valence-corrected chi connectivity index (χ2v) is 8.22. The van der Waals surface area contributed by atoms with E-state index in [0.717, 1.165) is 17.8 Å². The van der Waals surface area contributed by atoms with Gasteiger partial charge in [0.05, 0.1) is 0 Å². The molecule has 102 valence electrons. The van der Waals surface area contributed by atoms with E-state index in [9.17, 15) is 0 Å². The highest BCUT2D eigenvalue weighted by molar-refractivity contribution is 5.15. The first-order chi connectivity index (χ1) is 8.57. The van der Waals surface area contributed by atoms with Crippen molar-refractivity contribution in [1.82, 2.24) is 4.90 Å². The Bertz CT molecular complexity index is 329. The lowest BCUT2D eigenvalue weighted by Gasteiger charge is -2.64. The van der Waals surface area contributed by atoms with E-state index in [0.29, 0.717) is 5.54 Å². The molecule has 0 amide bonds. The maximum Gasteiger partial charge on any atom is 0.0232 e. The number of nitrogens with zero attached hydrogens (tertiary/aromatic N) is 1. The molecule has 0 aromatic rings. The molecule has 5 rings (SSSR count). The fourth-order valence-corrected chi connectivity index (χ4v) is 6.14. The standard InChI is InChI=1S/C16H28N2/c1-12-2-4-18(5-3-12)16-9-13-6-14(10-16)8-15(17,7-13)11-16/h12-14H,2-11,17H2,1H3. The maximum absolute atomic E-state index is 6.71. The minimum Gasteiger partial charge on any atom is -0.325 e. The van der Waals surface area contributed by atoms with Crippen LogP contribution in [0.5, 0.6) is 0 Å². The molecule has 1 heterocycles. The van der Waals surface area contributed by atoms with Crippen LogP contribution in [0.1, 0.15) is 58.3 Å². The summed E-state index contributed by atoms with van der Waals surface area (Å²) in [5, 5.41) is 0. The lowest BCUT2D eigenvalue weighted by Crippen LogP contribution is -2.68. The Morgan fingerprint density at radius 3 is 2.17 bits per heavy atom. The molecular formula is C16H28N2. The first-order valence-electron chi connectivity index (χ1n) is 8.11. The molecule has 18 heavy (non-hydrogen) atoms. The van der Waals surface area contributed by atoms with Gasteiger partial charge in [0.25, 0.3) is 0 Å². The second-order valence-electron chi connectivity index (χ2n) is 8.22. The average Bonchev–Trinajstić information content (AvgIpc) is 2.26. The molecule has 2 heteroatoms. The molecule has 4 aliphatic carbocycles. The summed E-state index contributed by atoms with van der Waals surface area (Å²) in [6, 6.07) is 0. The molecular weight excluding hydrogens is 220 g/mol. The number of rotatable bonds is 1. The van der Waals surface area contributed by atoms with E-state index >= 15 is 0 Å². The molecule has 1 aliphatic heterocycles. The SMILES string of the molecule is CC1CCN(C23CC4CC(CC(N)(C4)C2)C3)CC1. The van der Waals surface area contributed by atoms with E-state index in [2.05, 4.69) is 11.8 Å². The number of piperidine rings is 1. The molecule has 4 saturated carbocycles. The summed E-state index contributed by atoms with van der Waals surface area (Å²) < 4.78 is 0. The predicted octanol–water partition coefficient (Wildman–Crippen LogP) is 2.77. The van der Waals surface area contributed by atoms with Crippen LogP contribution < -0.4 is 5.73 Å². The number of hydrogen-bond donors (Lipinski definition) is 1. The molecule has 0 radical (unpaired) electrons. The van der Waals surface area contributed by atoms with Crippen molar-refractivity contribution in [3.05, 3.63) is 0 Å². The van der Waals surface area contributed by atoms with Crippen LogP contribution in [0.3, 0.4) is 0 Å². The minimum atomic E-state index is 0.215. The summed E-state index contributed by atoms with van der Waals surface area (Å²) in [6.07, 6.45) is 11.2. The van der Waals surface area contributed by atoms with Gasteiger partial charge in [0.2, 0.25) is 0 Å². The third-order valence-electron chi connectivity index (χ3n) is 6.53. The summed E-state index contributed by atoms with van der Waals surface area (Å²) in [5.74, 6) is 2.85. The summed E-state index contributed by atoms with van der Waals surface area (Å²) in [4.78, 5) is 2.87. The summed E-state index contributed by atoms with van der Waals surface area (Å²) >= 11 is 0. The van der Waals surface area contributed by atoms with Crippen LogP contribution >= 0.6 is 0 Å². The lowest BCUT2D eigenvalue weighted by atomic mass is 9.49. The van der Waals surface area contributed by atoms with E-state index < -0.39 is 0 Å². The van der Waals surface area contributed by atoms with Crippen LogP contribution in [0.15, 0.2) is 0 Å². The van der Waals surface area contributed by atoms with Crippen LogP contribution in [0.25, 0.3) is 0 Å². The maximum atomic E-state index is 6.71. The molecule has 2 unspecified atom stereocenters. The van der Waals surface area contributed by atoms with Crippen molar-refractivity contribution in [2.75, 3.05) is 13.1 Å². The lowest BCUT2D eigenvalue weighted by molar-refractivity contribution is -0.107. The molecule has 0 aromatic carbocycles. The fraction of sp³-hybridized carbons (Fsp3) is 1.00. The fourth-order valence-electron chi connectivity index (χ4n) is 6.14. The van der Waals surface area contributed by atoms with Gasteiger partial charge in [-0.3, -0.25) is 4.90 Å². The van der Waals surface area contributed by atoms with Gasteiger partial charge < -0.3 is 5.73 Å². The van der Waals surface area contributed by atoms with Crippen molar-refractivity contribution < 1.29 is 0 Å². The second kappa shape index (κ2) is 3.73. The highest BCUT2D eigenvalue weighted by Gasteiger charge is 2.58. The Balaban J connectivity index is 1.59. The molecule has 2 atom stereocenters. The monoisotopic (exact) mass is 248 g/mol. The van der Waals surface area contributed by atoms with Crippen LogP contribution in [0, 0.1) is 17.8 Å². The molecule has 2 N–H and O–H groups in total. The van der Waals surface area contributed by atoms with Gasteiger partial charge in [-0.25, -0.2) is 0 Å². The first kappa shape index (κ1) is 11.7.